The molecule has 0 bridgehead atoms. The molecule has 0 aliphatic carbocycles. The Labute approximate surface area is 119 Å². The summed E-state index contributed by atoms with van der Waals surface area (Å²) in [4.78, 5) is 20.1. The Morgan fingerprint density at radius 1 is 1.40 bits per heavy atom. The van der Waals surface area contributed by atoms with Crippen molar-refractivity contribution in [1.82, 2.24) is 15.2 Å². The van der Waals surface area contributed by atoms with E-state index >= 15 is 0 Å². The third kappa shape index (κ3) is 3.38. The SMILES string of the molecule is CCCNC(=O)N1CCN(c2ccc(C#N)cn2)CC1. The molecule has 0 saturated carbocycles. The minimum Gasteiger partial charge on any atom is -0.353 e. The predicted octanol–water partition coefficient (Wildman–Crippen LogP) is 1.19. The van der Waals surface area contributed by atoms with Gasteiger partial charge in [-0.3, -0.25) is 0 Å². The van der Waals surface area contributed by atoms with Crippen molar-refractivity contribution in [3.8, 4) is 6.07 Å². The second kappa shape index (κ2) is 6.75. The van der Waals surface area contributed by atoms with Crippen molar-refractivity contribution in [2.45, 2.75) is 13.3 Å². The van der Waals surface area contributed by atoms with Crippen molar-refractivity contribution in [2.24, 2.45) is 0 Å². The number of pyridine rings is 1. The normalized spacial score (nSPS) is 14.8. The van der Waals surface area contributed by atoms with Crippen LogP contribution in [-0.4, -0.2) is 48.6 Å². The van der Waals surface area contributed by atoms with E-state index in [9.17, 15) is 4.79 Å². The number of nitriles is 1. The first-order chi connectivity index (χ1) is 9.74. The van der Waals surface area contributed by atoms with E-state index in [4.69, 9.17) is 5.26 Å². The minimum atomic E-state index is 0.0132. The predicted molar refractivity (Wildman–Crippen MR) is 76.4 cm³/mol. The summed E-state index contributed by atoms with van der Waals surface area (Å²) in [6.07, 6.45) is 2.52. The Bertz CT molecular complexity index is 485. The zero-order valence-electron chi connectivity index (χ0n) is 11.7. The summed E-state index contributed by atoms with van der Waals surface area (Å²) < 4.78 is 0. The quantitative estimate of drug-likeness (QED) is 0.898. The molecule has 1 aliphatic rings. The van der Waals surface area contributed by atoms with Crippen LogP contribution in [-0.2, 0) is 0 Å². The Balaban J connectivity index is 1.87. The highest BCUT2D eigenvalue weighted by Crippen LogP contribution is 2.13. The molecule has 2 heterocycles. The van der Waals surface area contributed by atoms with Crippen LogP contribution in [0.3, 0.4) is 0 Å². The van der Waals surface area contributed by atoms with E-state index in [-0.39, 0.29) is 6.03 Å². The number of carbonyl (C=O) groups excluding carboxylic acids is 1. The number of urea groups is 1. The fourth-order valence-electron chi connectivity index (χ4n) is 2.12. The van der Waals surface area contributed by atoms with Gasteiger partial charge >= 0.3 is 6.03 Å². The number of aromatic nitrogens is 1. The molecule has 1 aliphatic heterocycles. The molecule has 2 amide bonds. The Morgan fingerprint density at radius 2 is 2.15 bits per heavy atom. The molecule has 6 nitrogen and oxygen atoms in total. The smallest absolute Gasteiger partial charge is 0.317 e. The van der Waals surface area contributed by atoms with Gasteiger partial charge in [-0.1, -0.05) is 6.92 Å². The summed E-state index contributed by atoms with van der Waals surface area (Å²) in [5.41, 5.74) is 0.561. The van der Waals surface area contributed by atoms with E-state index in [2.05, 4.69) is 21.3 Å². The molecule has 106 valence electrons. The van der Waals surface area contributed by atoms with Crippen LogP contribution in [0.5, 0.6) is 0 Å². The fourth-order valence-corrected chi connectivity index (χ4v) is 2.12. The lowest BCUT2D eigenvalue weighted by Crippen LogP contribution is -2.52. The molecule has 1 saturated heterocycles. The van der Waals surface area contributed by atoms with Gasteiger partial charge in [0.15, 0.2) is 0 Å². The largest absolute Gasteiger partial charge is 0.353 e. The average Bonchev–Trinajstić information content (AvgIpc) is 2.53. The van der Waals surface area contributed by atoms with Gasteiger partial charge in [-0.05, 0) is 18.6 Å². The van der Waals surface area contributed by atoms with Gasteiger partial charge in [0, 0.05) is 38.9 Å². The van der Waals surface area contributed by atoms with E-state index in [0.717, 1.165) is 31.9 Å². The van der Waals surface area contributed by atoms with E-state index in [1.165, 1.54) is 0 Å². The lowest BCUT2D eigenvalue weighted by atomic mass is 10.2. The monoisotopic (exact) mass is 273 g/mol. The summed E-state index contributed by atoms with van der Waals surface area (Å²) in [6, 6.07) is 5.69. The number of piperazine rings is 1. The van der Waals surface area contributed by atoms with Gasteiger partial charge in [0.2, 0.25) is 0 Å². The second-order valence-electron chi connectivity index (χ2n) is 4.72. The number of hydrogen-bond acceptors (Lipinski definition) is 4. The third-order valence-corrected chi connectivity index (χ3v) is 3.29. The first kappa shape index (κ1) is 14.1. The lowest BCUT2D eigenvalue weighted by molar-refractivity contribution is 0.194. The highest BCUT2D eigenvalue weighted by molar-refractivity contribution is 5.74. The number of nitrogens with one attached hydrogen (secondary N) is 1. The van der Waals surface area contributed by atoms with Crippen LogP contribution in [0.2, 0.25) is 0 Å². The molecule has 0 radical (unpaired) electrons. The standard InChI is InChI=1S/C14H19N5O/c1-2-5-16-14(20)19-8-6-18(7-9-19)13-4-3-12(10-15)11-17-13/h3-4,11H,2,5-9H2,1H3,(H,16,20). The molecule has 2 rings (SSSR count). The van der Waals surface area contributed by atoms with Gasteiger partial charge in [-0.2, -0.15) is 5.26 Å². The number of carbonyl (C=O) groups is 1. The summed E-state index contributed by atoms with van der Waals surface area (Å²) in [5, 5.41) is 11.6. The van der Waals surface area contributed by atoms with Gasteiger partial charge in [-0.15, -0.1) is 0 Å². The fraction of sp³-hybridized carbons (Fsp3) is 0.500. The van der Waals surface area contributed by atoms with Crippen LogP contribution >= 0.6 is 0 Å². The van der Waals surface area contributed by atoms with Gasteiger partial charge in [0.1, 0.15) is 11.9 Å². The van der Waals surface area contributed by atoms with Crippen LogP contribution in [0.1, 0.15) is 18.9 Å². The number of amides is 2. The topological polar surface area (TPSA) is 72.3 Å². The molecular formula is C14H19N5O. The third-order valence-electron chi connectivity index (χ3n) is 3.29. The number of anilines is 1. The summed E-state index contributed by atoms with van der Waals surface area (Å²) in [7, 11) is 0. The van der Waals surface area contributed by atoms with Crippen molar-refractivity contribution in [1.29, 1.82) is 5.26 Å². The zero-order chi connectivity index (χ0) is 14.4. The molecule has 1 aromatic heterocycles. The molecular weight excluding hydrogens is 254 g/mol. The van der Waals surface area contributed by atoms with Gasteiger partial charge in [-0.25, -0.2) is 9.78 Å². The maximum atomic E-state index is 11.8. The summed E-state index contributed by atoms with van der Waals surface area (Å²) in [5.74, 6) is 0.859. The average molecular weight is 273 g/mol. The Morgan fingerprint density at radius 3 is 2.70 bits per heavy atom. The number of rotatable bonds is 3. The molecule has 20 heavy (non-hydrogen) atoms. The first-order valence-corrected chi connectivity index (χ1v) is 6.88. The zero-order valence-corrected chi connectivity index (χ0v) is 11.7. The van der Waals surface area contributed by atoms with Crippen molar-refractivity contribution >= 4 is 11.8 Å². The summed E-state index contributed by atoms with van der Waals surface area (Å²) in [6.45, 7) is 5.66. The summed E-state index contributed by atoms with van der Waals surface area (Å²) >= 11 is 0. The molecule has 1 aromatic rings. The molecule has 6 heteroatoms. The first-order valence-electron chi connectivity index (χ1n) is 6.88. The van der Waals surface area contributed by atoms with E-state index in [1.807, 2.05) is 17.9 Å². The molecule has 0 spiro atoms. The number of hydrogen-bond donors (Lipinski definition) is 1. The highest BCUT2D eigenvalue weighted by atomic mass is 16.2. The molecule has 1 fully saturated rings. The van der Waals surface area contributed by atoms with Crippen LogP contribution < -0.4 is 10.2 Å². The van der Waals surface area contributed by atoms with E-state index < -0.39 is 0 Å². The van der Waals surface area contributed by atoms with E-state index in [0.29, 0.717) is 18.7 Å². The van der Waals surface area contributed by atoms with Crippen molar-refractivity contribution in [3.63, 3.8) is 0 Å². The van der Waals surface area contributed by atoms with Gasteiger partial charge < -0.3 is 15.1 Å². The van der Waals surface area contributed by atoms with Crippen LogP contribution in [0.4, 0.5) is 10.6 Å². The van der Waals surface area contributed by atoms with Crippen LogP contribution in [0, 0.1) is 11.3 Å². The maximum absolute atomic E-state index is 11.8. The lowest BCUT2D eigenvalue weighted by Gasteiger charge is -2.35. The van der Waals surface area contributed by atoms with Crippen LogP contribution in [0.15, 0.2) is 18.3 Å². The maximum Gasteiger partial charge on any atom is 0.317 e. The molecule has 0 atom stereocenters. The Kier molecular flexibility index (Phi) is 4.77. The second-order valence-corrected chi connectivity index (χ2v) is 4.72. The Hall–Kier alpha value is -2.29. The number of nitrogens with zero attached hydrogens (tertiary/aromatic N) is 4. The highest BCUT2D eigenvalue weighted by Gasteiger charge is 2.21. The van der Waals surface area contributed by atoms with Crippen LogP contribution in [0.25, 0.3) is 0 Å². The molecule has 0 unspecified atom stereocenters. The van der Waals surface area contributed by atoms with Crippen molar-refractivity contribution < 1.29 is 4.79 Å². The van der Waals surface area contributed by atoms with Gasteiger partial charge in [0.25, 0.3) is 0 Å². The van der Waals surface area contributed by atoms with Gasteiger partial charge in [0.05, 0.1) is 5.56 Å². The molecule has 0 aromatic carbocycles. The van der Waals surface area contributed by atoms with Crippen molar-refractivity contribution in [2.75, 3.05) is 37.6 Å². The van der Waals surface area contributed by atoms with Crippen molar-refractivity contribution in [3.05, 3.63) is 23.9 Å². The minimum absolute atomic E-state index is 0.0132. The molecule has 1 N–H and O–H groups in total. The van der Waals surface area contributed by atoms with E-state index in [1.54, 1.807) is 12.3 Å².